The maximum Gasteiger partial charge on any atom is 0.254 e. The molecule has 3 rings (SSSR count). The van der Waals surface area contributed by atoms with Crippen LogP contribution in [0, 0.1) is 0 Å². The summed E-state index contributed by atoms with van der Waals surface area (Å²) >= 11 is 0. The SMILES string of the molecule is CCN1CCN(c2ccc(C(=O)N3CCOCC3C(N)=O)cc2)CC1. The molecule has 7 heteroatoms. The summed E-state index contributed by atoms with van der Waals surface area (Å²) in [4.78, 5) is 30.6. The zero-order chi connectivity index (χ0) is 17.8. The lowest BCUT2D eigenvalue weighted by atomic mass is 10.1. The van der Waals surface area contributed by atoms with Crippen LogP contribution < -0.4 is 10.6 Å². The van der Waals surface area contributed by atoms with Gasteiger partial charge in [0, 0.05) is 44.0 Å². The number of rotatable bonds is 4. The molecule has 0 radical (unpaired) electrons. The summed E-state index contributed by atoms with van der Waals surface area (Å²) in [6, 6.07) is 6.93. The van der Waals surface area contributed by atoms with Crippen molar-refractivity contribution in [2.45, 2.75) is 13.0 Å². The highest BCUT2D eigenvalue weighted by atomic mass is 16.5. The van der Waals surface area contributed by atoms with E-state index >= 15 is 0 Å². The molecule has 0 bridgehead atoms. The van der Waals surface area contributed by atoms with Crippen molar-refractivity contribution in [1.82, 2.24) is 9.80 Å². The fourth-order valence-electron chi connectivity index (χ4n) is 3.39. The van der Waals surface area contributed by atoms with Crippen LogP contribution in [0.4, 0.5) is 5.69 Å². The van der Waals surface area contributed by atoms with E-state index in [1.807, 2.05) is 24.3 Å². The number of anilines is 1. The standard InChI is InChI=1S/C18H26N4O3/c1-2-20-7-9-21(10-8-20)15-5-3-14(4-6-15)18(24)22-11-12-25-13-16(22)17(19)23/h3-6,16H,2,7-13H2,1H3,(H2,19,23). The molecule has 136 valence electrons. The van der Waals surface area contributed by atoms with Gasteiger partial charge < -0.3 is 25.2 Å². The van der Waals surface area contributed by atoms with Gasteiger partial charge in [0.2, 0.25) is 5.91 Å². The van der Waals surface area contributed by atoms with Crippen molar-refractivity contribution in [2.24, 2.45) is 5.73 Å². The molecule has 0 saturated carbocycles. The highest BCUT2D eigenvalue weighted by Gasteiger charge is 2.32. The number of piperazine rings is 1. The summed E-state index contributed by atoms with van der Waals surface area (Å²) in [5, 5.41) is 0. The third-order valence-electron chi connectivity index (χ3n) is 5.02. The Balaban J connectivity index is 1.67. The van der Waals surface area contributed by atoms with Crippen molar-refractivity contribution in [3.63, 3.8) is 0 Å². The number of ether oxygens (including phenoxy) is 1. The fourth-order valence-corrected chi connectivity index (χ4v) is 3.39. The van der Waals surface area contributed by atoms with Crippen LogP contribution in [0.2, 0.25) is 0 Å². The maximum absolute atomic E-state index is 12.7. The van der Waals surface area contributed by atoms with Gasteiger partial charge in [-0.15, -0.1) is 0 Å². The Hall–Kier alpha value is -2.12. The number of benzene rings is 1. The molecule has 2 aliphatic rings. The molecule has 0 aromatic heterocycles. The van der Waals surface area contributed by atoms with Crippen molar-refractivity contribution in [3.8, 4) is 0 Å². The Morgan fingerprint density at radius 3 is 2.40 bits per heavy atom. The lowest BCUT2D eigenvalue weighted by Crippen LogP contribution is -2.54. The summed E-state index contributed by atoms with van der Waals surface area (Å²) < 4.78 is 5.27. The van der Waals surface area contributed by atoms with Crippen LogP contribution in [0.3, 0.4) is 0 Å². The molecule has 1 aromatic carbocycles. The number of hydrogen-bond donors (Lipinski definition) is 1. The van der Waals surface area contributed by atoms with Gasteiger partial charge >= 0.3 is 0 Å². The van der Waals surface area contributed by atoms with E-state index in [2.05, 4.69) is 16.7 Å². The number of morpholine rings is 1. The first-order valence-electron chi connectivity index (χ1n) is 8.85. The summed E-state index contributed by atoms with van der Waals surface area (Å²) in [6.07, 6.45) is 0. The fraction of sp³-hybridized carbons (Fsp3) is 0.556. The first-order chi connectivity index (χ1) is 12.1. The quantitative estimate of drug-likeness (QED) is 0.840. The number of nitrogens with zero attached hydrogens (tertiary/aromatic N) is 3. The molecule has 1 aromatic rings. The van der Waals surface area contributed by atoms with Crippen LogP contribution in [-0.2, 0) is 9.53 Å². The minimum Gasteiger partial charge on any atom is -0.377 e. The normalized spacial score (nSPS) is 22.0. The molecule has 2 amide bonds. The maximum atomic E-state index is 12.7. The third-order valence-corrected chi connectivity index (χ3v) is 5.02. The third kappa shape index (κ3) is 3.93. The van der Waals surface area contributed by atoms with Crippen LogP contribution in [0.1, 0.15) is 17.3 Å². The van der Waals surface area contributed by atoms with Crippen molar-refractivity contribution in [2.75, 3.05) is 57.4 Å². The van der Waals surface area contributed by atoms with E-state index in [4.69, 9.17) is 10.5 Å². The topological polar surface area (TPSA) is 79.1 Å². The molecule has 2 aliphatic heterocycles. The highest BCUT2D eigenvalue weighted by Crippen LogP contribution is 2.19. The van der Waals surface area contributed by atoms with E-state index in [0.717, 1.165) is 38.4 Å². The number of carbonyl (C=O) groups excluding carboxylic acids is 2. The van der Waals surface area contributed by atoms with E-state index in [1.54, 1.807) is 0 Å². The summed E-state index contributed by atoms with van der Waals surface area (Å²) in [6.45, 7) is 8.35. The van der Waals surface area contributed by atoms with Crippen molar-refractivity contribution >= 4 is 17.5 Å². The average Bonchev–Trinajstić information content (AvgIpc) is 2.67. The largest absolute Gasteiger partial charge is 0.377 e. The van der Waals surface area contributed by atoms with Gasteiger partial charge in [0.1, 0.15) is 6.04 Å². The lowest BCUT2D eigenvalue weighted by molar-refractivity contribution is -0.127. The number of likely N-dealkylation sites (N-methyl/N-ethyl adjacent to an activating group) is 1. The number of primary amides is 1. The molecule has 1 atom stereocenters. The Morgan fingerprint density at radius 1 is 1.12 bits per heavy atom. The molecule has 2 N–H and O–H groups in total. The molecule has 2 saturated heterocycles. The van der Waals surface area contributed by atoms with E-state index < -0.39 is 11.9 Å². The zero-order valence-corrected chi connectivity index (χ0v) is 14.7. The second-order valence-corrected chi connectivity index (χ2v) is 6.46. The van der Waals surface area contributed by atoms with Crippen LogP contribution in [0.15, 0.2) is 24.3 Å². The number of amides is 2. The van der Waals surface area contributed by atoms with Gasteiger partial charge in [-0.2, -0.15) is 0 Å². The smallest absolute Gasteiger partial charge is 0.254 e. The molecular weight excluding hydrogens is 320 g/mol. The molecule has 25 heavy (non-hydrogen) atoms. The Bertz CT molecular complexity index is 611. The minimum atomic E-state index is -0.692. The van der Waals surface area contributed by atoms with Gasteiger partial charge in [-0.1, -0.05) is 6.92 Å². The average molecular weight is 346 g/mol. The first kappa shape index (κ1) is 17.7. The summed E-state index contributed by atoms with van der Waals surface area (Å²) in [5.41, 5.74) is 7.09. The number of carbonyl (C=O) groups is 2. The minimum absolute atomic E-state index is 0.168. The zero-order valence-electron chi connectivity index (χ0n) is 14.7. The number of nitrogens with two attached hydrogens (primary N) is 1. The molecule has 7 nitrogen and oxygen atoms in total. The van der Waals surface area contributed by atoms with Gasteiger partial charge in [0.15, 0.2) is 0 Å². The second kappa shape index (κ2) is 7.84. The molecule has 2 heterocycles. The summed E-state index contributed by atoms with van der Waals surface area (Å²) in [7, 11) is 0. The molecule has 0 aliphatic carbocycles. The lowest BCUT2D eigenvalue weighted by Gasteiger charge is -2.36. The van der Waals surface area contributed by atoms with E-state index in [-0.39, 0.29) is 12.5 Å². The van der Waals surface area contributed by atoms with Crippen molar-refractivity contribution in [3.05, 3.63) is 29.8 Å². The molecule has 2 fully saturated rings. The Kier molecular flexibility index (Phi) is 5.55. The first-order valence-corrected chi connectivity index (χ1v) is 8.85. The van der Waals surface area contributed by atoms with Crippen LogP contribution in [0.25, 0.3) is 0 Å². The Morgan fingerprint density at radius 2 is 1.80 bits per heavy atom. The van der Waals surface area contributed by atoms with E-state index in [0.29, 0.717) is 18.7 Å². The Labute approximate surface area is 148 Å². The van der Waals surface area contributed by atoms with E-state index in [9.17, 15) is 9.59 Å². The van der Waals surface area contributed by atoms with Gasteiger partial charge in [-0.05, 0) is 30.8 Å². The van der Waals surface area contributed by atoms with Crippen LogP contribution in [0.5, 0.6) is 0 Å². The van der Waals surface area contributed by atoms with Crippen LogP contribution in [-0.4, -0.2) is 80.1 Å². The molecular formula is C18H26N4O3. The summed E-state index contributed by atoms with van der Waals surface area (Å²) in [5.74, 6) is -0.701. The van der Waals surface area contributed by atoms with Crippen molar-refractivity contribution < 1.29 is 14.3 Å². The van der Waals surface area contributed by atoms with Gasteiger partial charge in [0.05, 0.1) is 13.2 Å². The predicted octanol–water partition coefficient (Wildman–Crippen LogP) is 0.155. The van der Waals surface area contributed by atoms with Gasteiger partial charge in [-0.3, -0.25) is 9.59 Å². The second-order valence-electron chi connectivity index (χ2n) is 6.46. The molecule has 0 spiro atoms. The monoisotopic (exact) mass is 346 g/mol. The highest BCUT2D eigenvalue weighted by molar-refractivity contribution is 5.97. The predicted molar refractivity (Wildman–Crippen MR) is 95.6 cm³/mol. The van der Waals surface area contributed by atoms with Gasteiger partial charge in [0.25, 0.3) is 5.91 Å². The van der Waals surface area contributed by atoms with Gasteiger partial charge in [-0.25, -0.2) is 0 Å². The van der Waals surface area contributed by atoms with E-state index in [1.165, 1.54) is 4.90 Å². The molecule has 1 unspecified atom stereocenters. The van der Waals surface area contributed by atoms with Crippen molar-refractivity contribution in [1.29, 1.82) is 0 Å². The van der Waals surface area contributed by atoms with Crippen LogP contribution >= 0.6 is 0 Å². The number of hydrogen-bond acceptors (Lipinski definition) is 5.